The number of amides is 2. The van der Waals surface area contributed by atoms with Crippen molar-refractivity contribution in [3.63, 3.8) is 0 Å². The highest BCUT2D eigenvalue weighted by Gasteiger charge is 2.55. The third kappa shape index (κ3) is 1.96. The lowest BCUT2D eigenvalue weighted by Gasteiger charge is -2.40. The lowest BCUT2D eigenvalue weighted by Crippen LogP contribution is -2.54. The van der Waals surface area contributed by atoms with Crippen LogP contribution < -0.4 is 10.6 Å². The Balaban J connectivity index is 1.91. The van der Waals surface area contributed by atoms with Gasteiger partial charge in [0.1, 0.15) is 11.2 Å². The van der Waals surface area contributed by atoms with E-state index in [4.69, 9.17) is 0 Å². The molecule has 2 heterocycles. The summed E-state index contributed by atoms with van der Waals surface area (Å²) in [5, 5.41) is 5.71. The predicted molar refractivity (Wildman–Crippen MR) is 83.5 cm³/mol. The molecule has 2 aromatic carbocycles. The van der Waals surface area contributed by atoms with Crippen LogP contribution in [0.4, 0.5) is 10.1 Å². The van der Waals surface area contributed by atoms with Crippen LogP contribution in [0.1, 0.15) is 23.5 Å². The second-order valence-corrected chi connectivity index (χ2v) is 6.06. The molecule has 2 unspecified atom stereocenters. The van der Waals surface area contributed by atoms with E-state index in [-0.39, 0.29) is 30.6 Å². The van der Waals surface area contributed by atoms with Gasteiger partial charge in [-0.25, -0.2) is 4.39 Å². The monoisotopic (exact) mass is 310 g/mol. The van der Waals surface area contributed by atoms with E-state index in [0.29, 0.717) is 5.56 Å². The molecule has 0 radical (unpaired) electrons. The number of benzene rings is 2. The lowest BCUT2D eigenvalue weighted by atomic mass is 9.65. The van der Waals surface area contributed by atoms with Gasteiger partial charge in [0.15, 0.2) is 0 Å². The first-order valence-electron chi connectivity index (χ1n) is 7.54. The molecule has 2 amide bonds. The second kappa shape index (κ2) is 4.91. The minimum atomic E-state index is -0.891. The summed E-state index contributed by atoms with van der Waals surface area (Å²) in [6.45, 7) is 0.218. The number of fused-ring (bicyclic) bond motifs is 2. The molecule has 0 saturated carbocycles. The fourth-order valence-electron chi connectivity index (χ4n) is 3.78. The van der Waals surface area contributed by atoms with Crippen molar-refractivity contribution in [1.29, 1.82) is 0 Å². The molecule has 5 heteroatoms. The zero-order valence-corrected chi connectivity index (χ0v) is 12.3. The van der Waals surface area contributed by atoms with Crippen LogP contribution in [0.15, 0.2) is 48.5 Å². The number of carbonyl (C=O) groups excluding carboxylic acids is 2. The van der Waals surface area contributed by atoms with E-state index in [9.17, 15) is 14.0 Å². The van der Waals surface area contributed by atoms with Crippen LogP contribution in [0.2, 0.25) is 0 Å². The van der Waals surface area contributed by atoms with E-state index in [1.165, 1.54) is 12.1 Å². The van der Waals surface area contributed by atoms with Crippen LogP contribution in [-0.4, -0.2) is 18.4 Å². The van der Waals surface area contributed by atoms with Crippen LogP contribution in [0, 0.1) is 5.82 Å². The molecular weight excluding hydrogens is 295 g/mol. The maximum atomic E-state index is 13.7. The van der Waals surface area contributed by atoms with Crippen LogP contribution in [0.5, 0.6) is 0 Å². The third-order valence-electron chi connectivity index (χ3n) is 4.86. The SMILES string of the molecule is O=C1CC(c2cccc(F)c2)C2(CN1)C(=O)Nc1ccccc12. The van der Waals surface area contributed by atoms with Gasteiger partial charge in [0, 0.05) is 24.6 Å². The first-order chi connectivity index (χ1) is 11.1. The van der Waals surface area contributed by atoms with Crippen molar-refractivity contribution >= 4 is 17.5 Å². The molecule has 0 bridgehead atoms. The number of halogens is 1. The maximum absolute atomic E-state index is 13.7. The van der Waals surface area contributed by atoms with Gasteiger partial charge in [-0.2, -0.15) is 0 Å². The Morgan fingerprint density at radius 2 is 1.91 bits per heavy atom. The average Bonchev–Trinajstić information content (AvgIpc) is 2.83. The Morgan fingerprint density at radius 3 is 2.74 bits per heavy atom. The molecule has 2 N–H and O–H groups in total. The molecule has 116 valence electrons. The summed E-state index contributed by atoms with van der Waals surface area (Å²) in [7, 11) is 0. The first-order valence-corrected chi connectivity index (χ1v) is 7.54. The Bertz CT molecular complexity index is 820. The Morgan fingerprint density at radius 1 is 1.09 bits per heavy atom. The molecular formula is C18H15FN2O2. The molecule has 1 spiro atoms. The standard InChI is InChI=1S/C18H15FN2O2/c19-12-5-3-4-11(8-12)14-9-16(22)20-10-18(14)13-6-1-2-7-15(13)21-17(18)23/h1-8,14H,9-10H2,(H,20,22)(H,21,23). The number of rotatable bonds is 1. The smallest absolute Gasteiger partial charge is 0.237 e. The molecule has 1 saturated heterocycles. The average molecular weight is 310 g/mol. The van der Waals surface area contributed by atoms with Crippen LogP contribution in [-0.2, 0) is 15.0 Å². The Hall–Kier alpha value is -2.69. The fraction of sp³-hybridized carbons (Fsp3) is 0.222. The predicted octanol–water partition coefficient (Wildman–Crippen LogP) is 2.32. The van der Waals surface area contributed by atoms with Gasteiger partial charge in [-0.15, -0.1) is 0 Å². The first kappa shape index (κ1) is 13.9. The molecule has 1 fully saturated rings. The summed E-state index contributed by atoms with van der Waals surface area (Å²) in [5.74, 6) is -1.03. The number of nitrogens with one attached hydrogen (secondary N) is 2. The van der Waals surface area contributed by atoms with Gasteiger partial charge in [0.05, 0.1) is 0 Å². The van der Waals surface area contributed by atoms with Crippen LogP contribution in [0.25, 0.3) is 0 Å². The minimum absolute atomic E-state index is 0.123. The summed E-state index contributed by atoms with van der Waals surface area (Å²) in [6, 6.07) is 13.7. The number of hydrogen-bond donors (Lipinski definition) is 2. The summed E-state index contributed by atoms with van der Waals surface area (Å²) >= 11 is 0. The van der Waals surface area contributed by atoms with E-state index in [2.05, 4.69) is 10.6 Å². The molecule has 2 aliphatic heterocycles. The quantitative estimate of drug-likeness (QED) is 0.849. The van der Waals surface area contributed by atoms with Gasteiger partial charge in [0.25, 0.3) is 0 Å². The van der Waals surface area contributed by atoms with Crippen molar-refractivity contribution in [3.8, 4) is 0 Å². The molecule has 4 rings (SSSR count). The maximum Gasteiger partial charge on any atom is 0.237 e. The fourth-order valence-corrected chi connectivity index (χ4v) is 3.78. The van der Waals surface area contributed by atoms with Gasteiger partial charge in [0.2, 0.25) is 11.8 Å². The highest BCUT2D eigenvalue weighted by molar-refractivity contribution is 6.08. The molecule has 0 aliphatic carbocycles. The van der Waals surface area contributed by atoms with Gasteiger partial charge in [-0.3, -0.25) is 9.59 Å². The summed E-state index contributed by atoms with van der Waals surface area (Å²) in [6.07, 6.45) is 0.158. The zero-order chi connectivity index (χ0) is 16.0. The number of hydrogen-bond acceptors (Lipinski definition) is 2. The molecule has 2 atom stereocenters. The van der Waals surface area contributed by atoms with Crippen LogP contribution in [0.3, 0.4) is 0 Å². The normalized spacial score (nSPS) is 25.9. The Kier molecular flexibility index (Phi) is 2.98. The molecule has 2 aromatic rings. The van der Waals surface area contributed by atoms with E-state index in [1.54, 1.807) is 12.1 Å². The van der Waals surface area contributed by atoms with E-state index in [1.807, 2.05) is 24.3 Å². The molecule has 23 heavy (non-hydrogen) atoms. The number of carbonyl (C=O) groups is 2. The zero-order valence-electron chi connectivity index (χ0n) is 12.3. The third-order valence-corrected chi connectivity index (χ3v) is 4.86. The van der Waals surface area contributed by atoms with Crippen molar-refractivity contribution in [3.05, 3.63) is 65.5 Å². The largest absolute Gasteiger partial charge is 0.355 e. The van der Waals surface area contributed by atoms with Crippen molar-refractivity contribution < 1.29 is 14.0 Å². The highest BCUT2D eigenvalue weighted by atomic mass is 19.1. The van der Waals surface area contributed by atoms with E-state index < -0.39 is 11.3 Å². The molecule has 4 nitrogen and oxygen atoms in total. The van der Waals surface area contributed by atoms with Crippen LogP contribution >= 0.6 is 0 Å². The van der Waals surface area contributed by atoms with E-state index >= 15 is 0 Å². The minimum Gasteiger partial charge on any atom is -0.355 e. The number of piperidine rings is 1. The highest BCUT2D eigenvalue weighted by Crippen LogP contribution is 2.49. The molecule has 2 aliphatic rings. The number of para-hydroxylation sites is 1. The molecule has 0 aromatic heterocycles. The van der Waals surface area contributed by atoms with Crippen molar-refractivity contribution in [2.45, 2.75) is 17.8 Å². The topological polar surface area (TPSA) is 58.2 Å². The summed E-state index contributed by atoms with van der Waals surface area (Å²) < 4.78 is 13.7. The van der Waals surface area contributed by atoms with Gasteiger partial charge >= 0.3 is 0 Å². The Labute approximate surface area is 132 Å². The van der Waals surface area contributed by atoms with Crippen molar-refractivity contribution in [2.75, 3.05) is 11.9 Å². The lowest BCUT2D eigenvalue weighted by molar-refractivity contribution is -0.128. The second-order valence-electron chi connectivity index (χ2n) is 6.06. The summed E-state index contributed by atoms with van der Waals surface area (Å²) in [5.41, 5.74) is 1.40. The van der Waals surface area contributed by atoms with Gasteiger partial charge < -0.3 is 10.6 Å². The van der Waals surface area contributed by atoms with Crippen molar-refractivity contribution in [2.24, 2.45) is 0 Å². The number of anilines is 1. The van der Waals surface area contributed by atoms with Gasteiger partial charge in [-0.05, 0) is 29.3 Å². The summed E-state index contributed by atoms with van der Waals surface area (Å²) in [4.78, 5) is 24.8. The van der Waals surface area contributed by atoms with E-state index in [0.717, 1.165) is 11.3 Å². The van der Waals surface area contributed by atoms with Crippen molar-refractivity contribution in [1.82, 2.24) is 5.32 Å². The van der Waals surface area contributed by atoms with Gasteiger partial charge in [-0.1, -0.05) is 30.3 Å².